The van der Waals surface area contributed by atoms with Crippen LogP contribution in [0.4, 0.5) is 21.9 Å². The van der Waals surface area contributed by atoms with Crippen molar-refractivity contribution in [1.82, 2.24) is 5.32 Å². The molecule has 0 unspecified atom stereocenters. The maximum atomic E-state index is 12.3. The molecule has 3 amide bonds. The van der Waals surface area contributed by atoms with E-state index >= 15 is 0 Å². The number of amides is 3. The van der Waals surface area contributed by atoms with Crippen LogP contribution in [0.15, 0.2) is 48.5 Å². The highest BCUT2D eigenvalue weighted by molar-refractivity contribution is 6.07. The summed E-state index contributed by atoms with van der Waals surface area (Å²) in [6.45, 7) is 3.66. The summed E-state index contributed by atoms with van der Waals surface area (Å²) in [5.41, 5.74) is 0.781. The summed E-state index contributed by atoms with van der Waals surface area (Å²) in [6, 6.07) is 11.7. The SMILES string of the molecule is CC(C)NC(=O)Nc1ccccc1NC(=O)c1cccc([N+](=O)[O-])c1. The zero-order valence-corrected chi connectivity index (χ0v) is 13.8. The average Bonchev–Trinajstić information content (AvgIpc) is 2.56. The first-order chi connectivity index (χ1) is 11.9. The van der Waals surface area contributed by atoms with Crippen molar-refractivity contribution in [3.05, 3.63) is 64.2 Å². The van der Waals surface area contributed by atoms with Crippen molar-refractivity contribution < 1.29 is 14.5 Å². The number of hydrogen-bond donors (Lipinski definition) is 3. The van der Waals surface area contributed by atoms with Crippen LogP contribution in [0.25, 0.3) is 0 Å². The van der Waals surface area contributed by atoms with Crippen LogP contribution in [-0.2, 0) is 0 Å². The summed E-state index contributed by atoms with van der Waals surface area (Å²) in [5, 5.41) is 18.8. The van der Waals surface area contributed by atoms with Crippen molar-refractivity contribution in [1.29, 1.82) is 0 Å². The lowest BCUT2D eigenvalue weighted by atomic mass is 10.2. The Morgan fingerprint density at radius 1 is 1.00 bits per heavy atom. The topological polar surface area (TPSA) is 113 Å². The Morgan fingerprint density at radius 3 is 2.24 bits per heavy atom. The first kappa shape index (κ1) is 17.9. The van der Waals surface area contributed by atoms with E-state index in [-0.39, 0.29) is 17.3 Å². The molecule has 0 radical (unpaired) electrons. The monoisotopic (exact) mass is 342 g/mol. The van der Waals surface area contributed by atoms with Gasteiger partial charge in [0.1, 0.15) is 0 Å². The minimum absolute atomic E-state index is 0.0355. The molecule has 0 aliphatic carbocycles. The minimum Gasteiger partial charge on any atom is -0.336 e. The fourth-order valence-corrected chi connectivity index (χ4v) is 2.08. The normalized spacial score (nSPS) is 10.2. The number of rotatable bonds is 5. The van der Waals surface area contributed by atoms with Gasteiger partial charge in [-0.2, -0.15) is 0 Å². The third kappa shape index (κ3) is 5.03. The number of hydrogen-bond acceptors (Lipinski definition) is 4. The van der Waals surface area contributed by atoms with Gasteiger partial charge in [0.15, 0.2) is 0 Å². The van der Waals surface area contributed by atoms with E-state index in [0.29, 0.717) is 11.4 Å². The summed E-state index contributed by atoms with van der Waals surface area (Å²) in [7, 11) is 0. The molecule has 0 saturated carbocycles. The van der Waals surface area contributed by atoms with E-state index in [1.165, 1.54) is 24.3 Å². The van der Waals surface area contributed by atoms with Gasteiger partial charge in [0.05, 0.1) is 16.3 Å². The Hall–Kier alpha value is -3.42. The van der Waals surface area contributed by atoms with E-state index in [4.69, 9.17) is 0 Å². The zero-order chi connectivity index (χ0) is 18.4. The number of nitro benzene ring substituents is 1. The number of carbonyl (C=O) groups excluding carboxylic acids is 2. The molecule has 0 atom stereocenters. The maximum absolute atomic E-state index is 12.3. The van der Waals surface area contributed by atoms with E-state index in [0.717, 1.165) is 0 Å². The van der Waals surface area contributed by atoms with Crippen molar-refractivity contribution >= 4 is 29.0 Å². The van der Waals surface area contributed by atoms with Gasteiger partial charge < -0.3 is 16.0 Å². The highest BCUT2D eigenvalue weighted by atomic mass is 16.6. The number of nitrogens with one attached hydrogen (secondary N) is 3. The second kappa shape index (κ2) is 7.91. The molecule has 0 aromatic heterocycles. The highest BCUT2D eigenvalue weighted by Gasteiger charge is 2.14. The van der Waals surface area contributed by atoms with Crippen LogP contribution in [0.2, 0.25) is 0 Å². The lowest BCUT2D eigenvalue weighted by Crippen LogP contribution is -2.34. The molecule has 0 aliphatic rings. The number of para-hydroxylation sites is 2. The van der Waals surface area contributed by atoms with Crippen LogP contribution in [0, 0.1) is 10.1 Å². The summed E-state index contributed by atoms with van der Waals surface area (Å²) >= 11 is 0. The Morgan fingerprint density at radius 2 is 1.64 bits per heavy atom. The molecule has 0 spiro atoms. The molecular formula is C17H18N4O4. The van der Waals surface area contributed by atoms with E-state index < -0.39 is 16.9 Å². The Labute approximate surface area is 144 Å². The van der Waals surface area contributed by atoms with Crippen LogP contribution in [0.5, 0.6) is 0 Å². The van der Waals surface area contributed by atoms with Gasteiger partial charge in [-0.1, -0.05) is 18.2 Å². The molecule has 0 bridgehead atoms. The van der Waals surface area contributed by atoms with E-state index in [1.807, 2.05) is 13.8 Å². The first-order valence-corrected chi connectivity index (χ1v) is 7.59. The quantitative estimate of drug-likeness (QED) is 0.571. The molecule has 2 aromatic carbocycles. The summed E-state index contributed by atoms with van der Waals surface area (Å²) < 4.78 is 0. The average molecular weight is 342 g/mol. The van der Waals surface area contributed by atoms with Crippen molar-refractivity contribution in [3.8, 4) is 0 Å². The van der Waals surface area contributed by atoms with Crippen LogP contribution >= 0.6 is 0 Å². The van der Waals surface area contributed by atoms with Crippen LogP contribution in [0.1, 0.15) is 24.2 Å². The zero-order valence-electron chi connectivity index (χ0n) is 13.8. The Kier molecular flexibility index (Phi) is 5.67. The number of benzene rings is 2. The lowest BCUT2D eigenvalue weighted by Gasteiger charge is -2.14. The van der Waals surface area contributed by atoms with Gasteiger partial charge in [0.25, 0.3) is 11.6 Å². The molecule has 0 fully saturated rings. The van der Waals surface area contributed by atoms with E-state index in [1.54, 1.807) is 24.3 Å². The minimum atomic E-state index is -0.567. The number of anilines is 2. The van der Waals surface area contributed by atoms with Gasteiger partial charge in [0.2, 0.25) is 0 Å². The Bertz CT molecular complexity index is 805. The summed E-state index contributed by atoms with van der Waals surface area (Å²) in [6.07, 6.45) is 0. The largest absolute Gasteiger partial charge is 0.336 e. The molecule has 8 heteroatoms. The molecular weight excluding hydrogens is 324 g/mol. The molecule has 0 saturated heterocycles. The Balaban J connectivity index is 2.17. The van der Waals surface area contributed by atoms with Gasteiger partial charge in [0, 0.05) is 23.7 Å². The molecule has 8 nitrogen and oxygen atoms in total. The molecule has 3 N–H and O–H groups in total. The summed E-state index contributed by atoms with van der Waals surface area (Å²) in [5.74, 6) is -0.512. The second-order valence-corrected chi connectivity index (χ2v) is 5.56. The van der Waals surface area contributed by atoms with Crippen molar-refractivity contribution in [2.24, 2.45) is 0 Å². The van der Waals surface area contributed by atoms with Crippen molar-refractivity contribution in [2.45, 2.75) is 19.9 Å². The maximum Gasteiger partial charge on any atom is 0.319 e. The number of non-ortho nitro benzene ring substituents is 1. The molecule has 25 heavy (non-hydrogen) atoms. The lowest BCUT2D eigenvalue weighted by molar-refractivity contribution is -0.384. The predicted molar refractivity (Wildman–Crippen MR) is 94.8 cm³/mol. The van der Waals surface area contributed by atoms with Crippen LogP contribution < -0.4 is 16.0 Å². The van der Waals surface area contributed by atoms with Gasteiger partial charge in [-0.3, -0.25) is 14.9 Å². The molecule has 130 valence electrons. The van der Waals surface area contributed by atoms with Crippen LogP contribution in [-0.4, -0.2) is 22.9 Å². The number of urea groups is 1. The molecule has 0 aliphatic heterocycles. The van der Waals surface area contributed by atoms with E-state index in [9.17, 15) is 19.7 Å². The summed E-state index contributed by atoms with van der Waals surface area (Å²) in [4.78, 5) is 34.4. The van der Waals surface area contributed by atoms with Gasteiger partial charge in [-0.25, -0.2) is 4.79 Å². The first-order valence-electron chi connectivity index (χ1n) is 7.59. The van der Waals surface area contributed by atoms with E-state index in [2.05, 4.69) is 16.0 Å². The second-order valence-electron chi connectivity index (χ2n) is 5.56. The standard InChI is InChI=1S/C17H18N4O4/c1-11(2)18-17(23)20-15-9-4-3-8-14(15)19-16(22)12-6-5-7-13(10-12)21(24)25/h3-11H,1-2H3,(H,19,22)(H2,18,20,23). The van der Waals surface area contributed by atoms with Crippen molar-refractivity contribution in [3.63, 3.8) is 0 Å². The highest BCUT2D eigenvalue weighted by Crippen LogP contribution is 2.22. The van der Waals surface area contributed by atoms with Gasteiger partial charge >= 0.3 is 6.03 Å². The van der Waals surface area contributed by atoms with Gasteiger partial charge in [-0.15, -0.1) is 0 Å². The number of nitrogens with zero attached hydrogens (tertiary/aromatic N) is 1. The third-order valence-corrected chi connectivity index (χ3v) is 3.16. The van der Waals surface area contributed by atoms with Crippen LogP contribution in [0.3, 0.4) is 0 Å². The molecule has 0 heterocycles. The number of carbonyl (C=O) groups is 2. The smallest absolute Gasteiger partial charge is 0.319 e. The predicted octanol–water partition coefficient (Wildman–Crippen LogP) is 3.38. The molecule has 2 aromatic rings. The molecule has 2 rings (SSSR count). The van der Waals surface area contributed by atoms with Crippen molar-refractivity contribution in [2.75, 3.05) is 10.6 Å². The van der Waals surface area contributed by atoms with Gasteiger partial charge in [-0.05, 0) is 32.0 Å². The number of nitro groups is 1. The fraction of sp³-hybridized carbons (Fsp3) is 0.176. The third-order valence-electron chi connectivity index (χ3n) is 3.16. The fourth-order valence-electron chi connectivity index (χ4n) is 2.08.